The summed E-state index contributed by atoms with van der Waals surface area (Å²) in [7, 11) is 0. The van der Waals surface area contributed by atoms with Crippen molar-refractivity contribution >= 4 is 11.9 Å². The predicted molar refractivity (Wildman–Crippen MR) is 59.9 cm³/mol. The van der Waals surface area contributed by atoms with Gasteiger partial charge < -0.3 is 15.4 Å². The molecular weight excluding hydrogens is 208 g/mol. The molecule has 0 bridgehead atoms. The summed E-state index contributed by atoms with van der Waals surface area (Å²) in [4.78, 5) is 22.5. The monoisotopic (exact) mass is 228 g/mol. The normalized spacial score (nSPS) is 19.4. The molecule has 1 rings (SSSR count). The average molecular weight is 228 g/mol. The Morgan fingerprint density at radius 3 is 2.94 bits per heavy atom. The minimum Gasteiger partial charge on any atom is -0.466 e. The maximum atomic E-state index is 11.5. The second-order valence-electron chi connectivity index (χ2n) is 3.85. The second kappa shape index (κ2) is 7.22. The first-order valence-corrected chi connectivity index (χ1v) is 5.90. The van der Waals surface area contributed by atoms with Gasteiger partial charge in [0.1, 0.15) is 0 Å². The van der Waals surface area contributed by atoms with E-state index in [4.69, 9.17) is 4.74 Å². The van der Waals surface area contributed by atoms with Gasteiger partial charge in [0.25, 0.3) is 0 Å². The SMILES string of the molecule is CCOC(=O)CCCNC(=O)[C@@H]1CCCN1. The standard InChI is InChI=1S/C11H20N2O3/c1-2-16-10(14)6-4-8-13-11(15)9-5-3-7-12-9/h9,12H,2-8H2,1H3,(H,13,15)/t9-/m0/s1. The molecule has 1 amide bonds. The molecule has 0 radical (unpaired) electrons. The second-order valence-corrected chi connectivity index (χ2v) is 3.85. The summed E-state index contributed by atoms with van der Waals surface area (Å²) in [6.07, 6.45) is 2.97. The summed E-state index contributed by atoms with van der Waals surface area (Å²) in [5.41, 5.74) is 0. The number of amides is 1. The summed E-state index contributed by atoms with van der Waals surface area (Å²) in [6, 6.07) is -0.0393. The number of hydrogen-bond acceptors (Lipinski definition) is 4. The molecule has 0 aromatic heterocycles. The van der Waals surface area contributed by atoms with Crippen LogP contribution >= 0.6 is 0 Å². The van der Waals surface area contributed by atoms with Gasteiger partial charge in [-0.05, 0) is 32.7 Å². The molecule has 1 heterocycles. The number of nitrogens with one attached hydrogen (secondary N) is 2. The lowest BCUT2D eigenvalue weighted by Gasteiger charge is -2.10. The summed E-state index contributed by atoms with van der Waals surface area (Å²) in [6.45, 7) is 3.65. The van der Waals surface area contributed by atoms with E-state index in [0.717, 1.165) is 19.4 Å². The van der Waals surface area contributed by atoms with Crippen molar-refractivity contribution in [2.24, 2.45) is 0 Å². The minimum absolute atomic E-state index is 0.0393. The molecule has 5 heteroatoms. The van der Waals surface area contributed by atoms with Crippen LogP contribution in [0.1, 0.15) is 32.6 Å². The van der Waals surface area contributed by atoms with E-state index < -0.39 is 0 Å². The van der Waals surface area contributed by atoms with E-state index in [1.54, 1.807) is 6.92 Å². The Morgan fingerprint density at radius 2 is 2.31 bits per heavy atom. The van der Waals surface area contributed by atoms with Crippen LogP contribution in [0.25, 0.3) is 0 Å². The zero-order valence-electron chi connectivity index (χ0n) is 9.75. The smallest absolute Gasteiger partial charge is 0.305 e. The van der Waals surface area contributed by atoms with Crippen LogP contribution in [0.15, 0.2) is 0 Å². The third-order valence-electron chi connectivity index (χ3n) is 2.54. The first kappa shape index (κ1) is 13.0. The highest BCUT2D eigenvalue weighted by Gasteiger charge is 2.21. The van der Waals surface area contributed by atoms with Crippen molar-refractivity contribution < 1.29 is 14.3 Å². The van der Waals surface area contributed by atoms with Crippen LogP contribution in [0, 0.1) is 0 Å². The number of rotatable bonds is 6. The highest BCUT2D eigenvalue weighted by Crippen LogP contribution is 2.04. The van der Waals surface area contributed by atoms with E-state index >= 15 is 0 Å². The van der Waals surface area contributed by atoms with Crippen molar-refractivity contribution in [1.82, 2.24) is 10.6 Å². The lowest BCUT2D eigenvalue weighted by Crippen LogP contribution is -2.40. The Kier molecular flexibility index (Phi) is 5.85. The van der Waals surface area contributed by atoms with Crippen molar-refractivity contribution in [3.63, 3.8) is 0 Å². The van der Waals surface area contributed by atoms with Crippen LogP contribution in [0.3, 0.4) is 0 Å². The fourth-order valence-electron chi connectivity index (χ4n) is 1.71. The summed E-state index contributed by atoms with van der Waals surface area (Å²) >= 11 is 0. The molecule has 0 aromatic rings. The minimum atomic E-state index is -0.198. The number of carbonyl (C=O) groups is 2. The first-order chi connectivity index (χ1) is 7.74. The molecule has 1 fully saturated rings. The van der Waals surface area contributed by atoms with Crippen molar-refractivity contribution in [2.75, 3.05) is 19.7 Å². The van der Waals surface area contributed by atoms with Gasteiger partial charge in [0, 0.05) is 13.0 Å². The van der Waals surface area contributed by atoms with Gasteiger partial charge in [-0.2, -0.15) is 0 Å². The van der Waals surface area contributed by atoms with Crippen LogP contribution in [-0.2, 0) is 14.3 Å². The van der Waals surface area contributed by atoms with Gasteiger partial charge in [0.05, 0.1) is 12.6 Å². The maximum absolute atomic E-state index is 11.5. The van der Waals surface area contributed by atoms with Crippen molar-refractivity contribution in [3.05, 3.63) is 0 Å². The Morgan fingerprint density at radius 1 is 1.50 bits per heavy atom. The Labute approximate surface area is 95.9 Å². The molecule has 0 spiro atoms. The Balaban J connectivity index is 2.02. The van der Waals surface area contributed by atoms with E-state index in [1.807, 2.05) is 0 Å². The van der Waals surface area contributed by atoms with Gasteiger partial charge in [-0.15, -0.1) is 0 Å². The first-order valence-electron chi connectivity index (χ1n) is 5.90. The number of esters is 1. The van der Waals surface area contributed by atoms with Gasteiger partial charge in [-0.3, -0.25) is 9.59 Å². The molecule has 5 nitrogen and oxygen atoms in total. The molecule has 1 saturated heterocycles. The maximum Gasteiger partial charge on any atom is 0.305 e. The van der Waals surface area contributed by atoms with Crippen LogP contribution < -0.4 is 10.6 Å². The highest BCUT2D eigenvalue weighted by atomic mass is 16.5. The molecule has 92 valence electrons. The third-order valence-corrected chi connectivity index (χ3v) is 2.54. The molecule has 16 heavy (non-hydrogen) atoms. The highest BCUT2D eigenvalue weighted by molar-refractivity contribution is 5.82. The molecule has 1 aliphatic rings. The van der Waals surface area contributed by atoms with E-state index in [0.29, 0.717) is 26.0 Å². The Hall–Kier alpha value is -1.10. The molecule has 0 aliphatic carbocycles. The van der Waals surface area contributed by atoms with Gasteiger partial charge in [-0.25, -0.2) is 0 Å². The van der Waals surface area contributed by atoms with Crippen LogP contribution in [-0.4, -0.2) is 37.6 Å². The average Bonchev–Trinajstić information content (AvgIpc) is 2.78. The van der Waals surface area contributed by atoms with E-state index in [-0.39, 0.29) is 17.9 Å². The lowest BCUT2D eigenvalue weighted by molar-refractivity contribution is -0.143. The molecule has 0 unspecified atom stereocenters. The van der Waals surface area contributed by atoms with Gasteiger partial charge >= 0.3 is 5.97 Å². The van der Waals surface area contributed by atoms with E-state index in [1.165, 1.54) is 0 Å². The van der Waals surface area contributed by atoms with Crippen LogP contribution in [0.4, 0.5) is 0 Å². The Bertz CT molecular complexity index is 237. The summed E-state index contributed by atoms with van der Waals surface area (Å²) in [5.74, 6) is -0.155. The van der Waals surface area contributed by atoms with Crippen LogP contribution in [0.5, 0.6) is 0 Å². The number of carbonyl (C=O) groups excluding carboxylic acids is 2. The largest absolute Gasteiger partial charge is 0.466 e. The summed E-state index contributed by atoms with van der Waals surface area (Å²) in [5, 5.41) is 5.94. The van der Waals surface area contributed by atoms with Gasteiger partial charge in [0.2, 0.25) is 5.91 Å². The number of hydrogen-bond donors (Lipinski definition) is 2. The quantitative estimate of drug-likeness (QED) is 0.503. The lowest BCUT2D eigenvalue weighted by atomic mass is 10.2. The molecule has 2 N–H and O–H groups in total. The third kappa shape index (κ3) is 4.61. The summed E-state index contributed by atoms with van der Waals surface area (Å²) < 4.78 is 4.78. The fourth-order valence-corrected chi connectivity index (χ4v) is 1.71. The van der Waals surface area contributed by atoms with Crippen LogP contribution in [0.2, 0.25) is 0 Å². The van der Waals surface area contributed by atoms with Gasteiger partial charge in [-0.1, -0.05) is 0 Å². The van der Waals surface area contributed by atoms with Crippen molar-refractivity contribution in [2.45, 2.75) is 38.6 Å². The zero-order valence-corrected chi connectivity index (χ0v) is 9.75. The zero-order chi connectivity index (χ0) is 11.8. The number of ether oxygens (including phenoxy) is 1. The van der Waals surface area contributed by atoms with Gasteiger partial charge in [0.15, 0.2) is 0 Å². The van der Waals surface area contributed by atoms with E-state index in [9.17, 15) is 9.59 Å². The molecule has 1 atom stereocenters. The molecule has 0 saturated carbocycles. The predicted octanol–water partition coefficient (Wildman–Crippen LogP) is 0.198. The molecule has 1 aliphatic heterocycles. The van der Waals surface area contributed by atoms with Crippen molar-refractivity contribution in [3.8, 4) is 0 Å². The molecule has 0 aromatic carbocycles. The van der Waals surface area contributed by atoms with Crippen molar-refractivity contribution in [1.29, 1.82) is 0 Å². The molecular formula is C11H20N2O3. The van der Waals surface area contributed by atoms with E-state index in [2.05, 4.69) is 10.6 Å². The fraction of sp³-hybridized carbons (Fsp3) is 0.818. The topological polar surface area (TPSA) is 67.4 Å².